The number of rotatable bonds is 1. The van der Waals surface area contributed by atoms with Crippen molar-refractivity contribution in [3.05, 3.63) is 28.8 Å². The Hall–Kier alpha value is -1.36. The molecule has 1 heterocycles. The summed E-state index contributed by atoms with van der Waals surface area (Å²) in [6.07, 6.45) is -4.14. The molecule has 2 nitrogen and oxygen atoms in total. The van der Waals surface area contributed by atoms with Crippen LogP contribution in [-0.4, -0.2) is 19.4 Å². The quantitative estimate of drug-likeness (QED) is 0.770. The highest BCUT2D eigenvalue weighted by atomic mass is 35.5. The van der Waals surface area contributed by atoms with E-state index in [1.54, 1.807) is 6.07 Å². The van der Waals surface area contributed by atoms with Gasteiger partial charge in [0, 0.05) is 11.6 Å². The van der Waals surface area contributed by atoms with E-state index in [2.05, 4.69) is 0 Å². The van der Waals surface area contributed by atoms with Gasteiger partial charge in [0.2, 0.25) is 6.10 Å². The zero-order valence-electron chi connectivity index (χ0n) is 8.72. The van der Waals surface area contributed by atoms with Crippen LogP contribution in [0.5, 0.6) is 11.5 Å². The van der Waals surface area contributed by atoms with Gasteiger partial charge in [0.15, 0.2) is 0 Å². The SMILES string of the molecule is COc1cc(Cl)c2c(c1)C=CC(C(F)(F)F)O2. The third-order valence-electron chi connectivity index (χ3n) is 2.30. The van der Waals surface area contributed by atoms with E-state index >= 15 is 0 Å². The number of alkyl halides is 3. The molecule has 0 saturated carbocycles. The Labute approximate surface area is 101 Å². The van der Waals surface area contributed by atoms with Crippen LogP contribution in [0.25, 0.3) is 6.08 Å². The van der Waals surface area contributed by atoms with E-state index < -0.39 is 12.3 Å². The third kappa shape index (κ3) is 2.34. The van der Waals surface area contributed by atoms with Crippen LogP contribution in [-0.2, 0) is 0 Å². The van der Waals surface area contributed by atoms with E-state index in [0.29, 0.717) is 11.3 Å². The summed E-state index contributed by atoms with van der Waals surface area (Å²) in [4.78, 5) is 0. The molecular formula is C11H8ClF3O2. The highest BCUT2D eigenvalue weighted by Gasteiger charge is 2.41. The van der Waals surface area contributed by atoms with Crippen LogP contribution in [0.15, 0.2) is 18.2 Å². The molecule has 0 fully saturated rings. The number of hydrogen-bond donors (Lipinski definition) is 0. The Kier molecular flexibility index (Phi) is 2.95. The number of hydrogen-bond acceptors (Lipinski definition) is 2. The van der Waals surface area contributed by atoms with Gasteiger partial charge in [-0.05, 0) is 12.1 Å². The van der Waals surface area contributed by atoms with E-state index in [0.717, 1.165) is 6.08 Å². The van der Waals surface area contributed by atoms with Crippen LogP contribution in [0, 0.1) is 0 Å². The fraction of sp³-hybridized carbons (Fsp3) is 0.273. The van der Waals surface area contributed by atoms with E-state index in [1.807, 2.05) is 0 Å². The number of halogens is 4. The molecule has 0 spiro atoms. The molecule has 92 valence electrons. The van der Waals surface area contributed by atoms with Gasteiger partial charge in [0.25, 0.3) is 0 Å². The molecule has 0 radical (unpaired) electrons. The third-order valence-corrected chi connectivity index (χ3v) is 2.58. The van der Waals surface area contributed by atoms with Crippen molar-refractivity contribution in [2.75, 3.05) is 7.11 Å². The maximum atomic E-state index is 12.5. The smallest absolute Gasteiger partial charge is 0.429 e. The van der Waals surface area contributed by atoms with Crippen molar-refractivity contribution in [1.29, 1.82) is 0 Å². The molecule has 1 atom stereocenters. The van der Waals surface area contributed by atoms with Crippen molar-refractivity contribution in [3.63, 3.8) is 0 Å². The lowest BCUT2D eigenvalue weighted by molar-refractivity contribution is -0.180. The Morgan fingerprint density at radius 1 is 1.35 bits per heavy atom. The first-order valence-electron chi connectivity index (χ1n) is 4.71. The van der Waals surface area contributed by atoms with Gasteiger partial charge in [-0.1, -0.05) is 17.7 Å². The van der Waals surface area contributed by atoms with Crippen LogP contribution in [0.4, 0.5) is 13.2 Å². The van der Waals surface area contributed by atoms with Gasteiger partial charge in [0.05, 0.1) is 12.1 Å². The second-order valence-electron chi connectivity index (χ2n) is 3.47. The summed E-state index contributed by atoms with van der Waals surface area (Å²) in [5, 5.41) is 0.0953. The molecule has 0 saturated heterocycles. The Bertz CT molecular complexity index is 469. The lowest BCUT2D eigenvalue weighted by Crippen LogP contribution is -2.33. The first kappa shape index (κ1) is 12.1. The molecule has 0 N–H and O–H groups in total. The number of ether oxygens (including phenoxy) is 2. The summed E-state index contributed by atoms with van der Waals surface area (Å²) >= 11 is 5.84. The van der Waals surface area contributed by atoms with Crippen LogP contribution >= 0.6 is 11.6 Å². The molecular weight excluding hydrogens is 257 g/mol. The molecule has 1 unspecified atom stereocenters. The molecule has 0 aromatic heterocycles. The van der Waals surface area contributed by atoms with Crippen molar-refractivity contribution in [3.8, 4) is 11.5 Å². The zero-order chi connectivity index (χ0) is 12.6. The maximum Gasteiger partial charge on any atom is 0.429 e. The zero-order valence-corrected chi connectivity index (χ0v) is 9.47. The second kappa shape index (κ2) is 4.14. The molecule has 0 amide bonds. The maximum absolute atomic E-state index is 12.5. The van der Waals surface area contributed by atoms with Gasteiger partial charge in [-0.25, -0.2) is 0 Å². The second-order valence-corrected chi connectivity index (χ2v) is 3.87. The topological polar surface area (TPSA) is 18.5 Å². The molecule has 1 aromatic rings. The van der Waals surface area contributed by atoms with Gasteiger partial charge in [-0.15, -0.1) is 0 Å². The van der Waals surface area contributed by atoms with Crippen LogP contribution in [0.2, 0.25) is 5.02 Å². The number of benzene rings is 1. The first-order valence-corrected chi connectivity index (χ1v) is 5.08. The van der Waals surface area contributed by atoms with Crippen molar-refractivity contribution in [1.82, 2.24) is 0 Å². The molecule has 1 aliphatic rings. The average molecular weight is 265 g/mol. The molecule has 6 heteroatoms. The first-order chi connectivity index (χ1) is 7.91. The van der Waals surface area contributed by atoms with Crippen LogP contribution in [0.1, 0.15) is 5.56 Å². The normalized spacial score (nSPS) is 18.5. The van der Waals surface area contributed by atoms with E-state index in [4.69, 9.17) is 21.1 Å². The van der Waals surface area contributed by atoms with E-state index in [1.165, 1.54) is 19.3 Å². The lowest BCUT2D eigenvalue weighted by Gasteiger charge is -2.24. The standard InChI is InChI=1S/C11H8ClF3O2/c1-16-7-4-6-2-3-9(11(13,14)15)17-10(6)8(12)5-7/h2-5,9H,1H3. The van der Waals surface area contributed by atoms with Gasteiger partial charge in [-0.3, -0.25) is 0 Å². The molecule has 17 heavy (non-hydrogen) atoms. The number of fused-ring (bicyclic) bond motifs is 1. The van der Waals surface area contributed by atoms with Crippen molar-refractivity contribution >= 4 is 17.7 Å². The van der Waals surface area contributed by atoms with Gasteiger partial charge in [0.1, 0.15) is 11.5 Å². The molecule has 0 bridgehead atoms. The summed E-state index contributed by atoms with van der Waals surface area (Å²) in [5.74, 6) is 0.491. The van der Waals surface area contributed by atoms with Crippen LogP contribution in [0.3, 0.4) is 0 Å². The minimum Gasteiger partial charge on any atom is -0.497 e. The van der Waals surface area contributed by atoms with E-state index in [-0.39, 0.29) is 10.8 Å². The monoisotopic (exact) mass is 264 g/mol. The Morgan fingerprint density at radius 3 is 2.65 bits per heavy atom. The van der Waals surface area contributed by atoms with Crippen molar-refractivity contribution < 1.29 is 22.6 Å². The fourth-order valence-electron chi connectivity index (χ4n) is 1.49. The Balaban J connectivity index is 2.40. The molecule has 1 aliphatic heterocycles. The van der Waals surface area contributed by atoms with Crippen molar-refractivity contribution in [2.45, 2.75) is 12.3 Å². The largest absolute Gasteiger partial charge is 0.497 e. The van der Waals surface area contributed by atoms with E-state index in [9.17, 15) is 13.2 Å². The molecule has 1 aromatic carbocycles. The minimum atomic E-state index is -4.45. The summed E-state index contributed by atoms with van der Waals surface area (Å²) in [6, 6.07) is 2.97. The predicted octanol–water partition coefficient (Wildman–Crippen LogP) is 3.69. The molecule has 0 aliphatic carbocycles. The summed E-state index contributed by atoms with van der Waals surface area (Å²) in [6.45, 7) is 0. The Morgan fingerprint density at radius 2 is 2.06 bits per heavy atom. The molecule has 2 rings (SSSR count). The predicted molar refractivity (Wildman–Crippen MR) is 57.5 cm³/mol. The minimum absolute atomic E-state index is 0.0253. The van der Waals surface area contributed by atoms with Gasteiger partial charge in [-0.2, -0.15) is 13.2 Å². The average Bonchev–Trinajstić information content (AvgIpc) is 2.27. The summed E-state index contributed by atoms with van der Waals surface area (Å²) < 4.78 is 47.2. The fourth-order valence-corrected chi connectivity index (χ4v) is 1.75. The summed E-state index contributed by atoms with van der Waals surface area (Å²) in [7, 11) is 1.45. The van der Waals surface area contributed by atoms with Crippen molar-refractivity contribution in [2.24, 2.45) is 0 Å². The summed E-state index contributed by atoms with van der Waals surface area (Å²) in [5.41, 5.74) is 0.467. The highest BCUT2D eigenvalue weighted by Crippen LogP contribution is 2.40. The van der Waals surface area contributed by atoms with Gasteiger partial charge < -0.3 is 9.47 Å². The van der Waals surface area contributed by atoms with Crippen LogP contribution < -0.4 is 9.47 Å². The number of methoxy groups -OCH3 is 1. The lowest BCUT2D eigenvalue weighted by atomic mass is 10.1. The highest BCUT2D eigenvalue weighted by molar-refractivity contribution is 6.32. The van der Waals surface area contributed by atoms with Gasteiger partial charge >= 0.3 is 6.18 Å².